The van der Waals surface area contributed by atoms with Crippen molar-refractivity contribution in [3.05, 3.63) is 35.9 Å². The zero-order chi connectivity index (χ0) is 14.2. The average Bonchev–Trinajstić information content (AvgIpc) is 2.49. The third kappa shape index (κ3) is 4.93. The van der Waals surface area contributed by atoms with Gasteiger partial charge in [-0.2, -0.15) is 0 Å². The van der Waals surface area contributed by atoms with Gasteiger partial charge < -0.3 is 4.90 Å². The van der Waals surface area contributed by atoms with Crippen molar-refractivity contribution in [3.63, 3.8) is 0 Å². The molecule has 0 aliphatic carbocycles. The second kappa shape index (κ2) is 8.46. The molecule has 1 aromatic carbocycles. The maximum Gasteiger partial charge on any atom is 0.222 e. The smallest absolute Gasteiger partial charge is 0.222 e. The van der Waals surface area contributed by atoms with Gasteiger partial charge in [-0.3, -0.25) is 4.79 Å². The lowest BCUT2D eigenvalue weighted by Crippen LogP contribution is -2.39. The van der Waals surface area contributed by atoms with Gasteiger partial charge in [-0.05, 0) is 43.6 Å². The lowest BCUT2D eigenvalue weighted by molar-refractivity contribution is -0.133. The van der Waals surface area contributed by atoms with Crippen molar-refractivity contribution < 1.29 is 4.79 Å². The summed E-state index contributed by atoms with van der Waals surface area (Å²) < 4.78 is 0. The topological polar surface area (TPSA) is 20.3 Å². The van der Waals surface area contributed by atoms with Gasteiger partial charge in [-0.1, -0.05) is 46.3 Å². The largest absolute Gasteiger partial charge is 0.342 e. The Bertz CT molecular complexity index is 405. The highest BCUT2D eigenvalue weighted by Gasteiger charge is 2.22. The van der Waals surface area contributed by atoms with E-state index >= 15 is 0 Å². The van der Waals surface area contributed by atoms with E-state index in [4.69, 9.17) is 0 Å². The second-order valence-electron chi connectivity index (χ2n) is 5.66. The van der Waals surface area contributed by atoms with Crippen molar-refractivity contribution in [3.8, 4) is 0 Å². The van der Waals surface area contributed by atoms with Crippen molar-refractivity contribution in [1.29, 1.82) is 0 Å². The number of hydrogen-bond acceptors (Lipinski definition) is 1. The van der Waals surface area contributed by atoms with E-state index in [1.165, 1.54) is 24.8 Å². The first kappa shape index (κ1) is 15.6. The van der Waals surface area contributed by atoms with Crippen LogP contribution in [0.3, 0.4) is 0 Å². The molecule has 1 fully saturated rings. The Balaban J connectivity index is 1.71. The van der Waals surface area contributed by atoms with E-state index in [2.05, 4.69) is 45.1 Å². The first-order chi connectivity index (χ1) is 9.79. The van der Waals surface area contributed by atoms with Crippen LogP contribution in [0.5, 0.6) is 0 Å². The number of piperidine rings is 1. The molecular weight excluding hydrogens is 314 g/mol. The highest BCUT2D eigenvalue weighted by atomic mass is 79.9. The first-order valence-corrected chi connectivity index (χ1v) is 8.79. The van der Waals surface area contributed by atoms with E-state index in [0.29, 0.717) is 18.2 Å². The van der Waals surface area contributed by atoms with E-state index < -0.39 is 0 Å². The molecule has 1 atom stereocenters. The maximum absolute atomic E-state index is 12.3. The molecule has 1 saturated heterocycles. The highest BCUT2D eigenvalue weighted by Crippen LogP contribution is 2.21. The zero-order valence-corrected chi connectivity index (χ0v) is 13.6. The highest BCUT2D eigenvalue weighted by molar-refractivity contribution is 9.09. The van der Waals surface area contributed by atoms with Crippen molar-refractivity contribution in [2.75, 3.05) is 18.4 Å². The number of hydrogen-bond donors (Lipinski definition) is 0. The van der Waals surface area contributed by atoms with Gasteiger partial charge in [-0.25, -0.2) is 0 Å². The lowest BCUT2D eigenvalue weighted by atomic mass is 9.95. The summed E-state index contributed by atoms with van der Waals surface area (Å²) in [6.07, 6.45) is 6.29. The standard InChI is InChI=1S/C17H24BrNO/c18-12-11-16-9-5-13-19(14-16)17(20)10-4-8-15-6-2-1-3-7-15/h1-3,6-7,16H,4-5,8-14H2. The summed E-state index contributed by atoms with van der Waals surface area (Å²) in [6.45, 7) is 1.93. The molecule has 1 amide bonds. The SMILES string of the molecule is O=C(CCCc1ccccc1)N1CCCC(CCBr)C1. The van der Waals surface area contributed by atoms with Crippen LogP contribution in [0.2, 0.25) is 0 Å². The molecule has 3 heteroatoms. The number of aryl methyl sites for hydroxylation is 1. The Morgan fingerprint density at radius 3 is 2.85 bits per heavy atom. The monoisotopic (exact) mass is 337 g/mol. The summed E-state index contributed by atoms with van der Waals surface area (Å²) in [6, 6.07) is 10.4. The Morgan fingerprint density at radius 2 is 2.10 bits per heavy atom. The minimum atomic E-state index is 0.347. The van der Waals surface area contributed by atoms with Crippen LogP contribution in [0.25, 0.3) is 0 Å². The number of benzene rings is 1. The van der Waals surface area contributed by atoms with Crippen LogP contribution in [-0.4, -0.2) is 29.2 Å². The van der Waals surface area contributed by atoms with E-state index in [0.717, 1.165) is 31.3 Å². The maximum atomic E-state index is 12.3. The van der Waals surface area contributed by atoms with Crippen LogP contribution in [0.1, 0.15) is 37.7 Å². The summed E-state index contributed by atoms with van der Waals surface area (Å²) in [7, 11) is 0. The normalized spacial score (nSPS) is 19.1. The van der Waals surface area contributed by atoms with E-state index in [1.807, 2.05) is 6.07 Å². The molecule has 0 bridgehead atoms. The number of carbonyl (C=O) groups excluding carboxylic acids is 1. The third-order valence-corrected chi connectivity index (χ3v) is 4.55. The van der Waals surface area contributed by atoms with Gasteiger partial charge >= 0.3 is 0 Å². The second-order valence-corrected chi connectivity index (χ2v) is 6.46. The Hall–Kier alpha value is -0.830. The van der Waals surface area contributed by atoms with Gasteiger partial charge in [0.15, 0.2) is 0 Å². The Kier molecular flexibility index (Phi) is 6.58. The molecule has 0 radical (unpaired) electrons. The minimum absolute atomic E-state index is 0.347. The fraction of sp³-hybridized carbons (Fsp3) is 0.588. The molecule has 20 heavy (non-hydrogen) atoms. The number of carbonyl (C=O) groups is 1. The van der Waals surface area contributed by atoms with E-state index in [-0.39, 0.29) is 0 Å². The molecule has 0 spiro atoms. The molecular formula is C17H24BrNO. The fourth-order valence-corrected chi connectivity index (χ4v) is 3.58. The molecule has 2 rings (SSSR count). The Morgan fingerprint density at radius 1 is 1.30 bits per heavy atom. The summed E-state index contributed by atoms with van der Waals surface area (Å²) in [5, 5.41) is 1.05. The van der Waals surface area contributed by atoms with Crippen molar-refractivity contribution >= 4 is 21.8 Å². The molecule has 1 aliphatic heterocycles. The summed E-state index contributed by atoms with van der Waals surface area (Å²) >= 11 is 3.51. The molecule has 1 unspecified atom stereocenters. The van der Waals surface area contributed by atoms with Gasteiger partial charge in [0, 0.05) is 24.8 Å². The molecule has 0 N–H and O–H groups in total. The van der Waals surface area contributed by atoms with Crippen LogP contribution in [0.15, 0.2) is 30.3 Å². The van der Waals surface area contributed by atoms with Gasteiger partial charge in [0.2, 0.25) is 5.91 Å². The Labute approximate surface area is 130 Å². The molecule has 1 aliphatic rings. The lowest BCUT2D eigenvalue weighted by Gasteiger charge is -2.32. The molecule has 2 nitrogen and oxygen atoms in total. The van der Waals surface area contributed by atoms with E-state index in [9.17, 15) is 4.79 Å². The summed E-state index contributed by atoms with van der Waals surface area (Å²) in [4.78, 5) is 14.3. The van der Waals surface area contributed by atoms with Crippen LogP contribution >= 0.6 is 15.9 Å². The molecule has 0 saturated carbocycles. The number of likely N-dealkylation sites (tertiary alicyclic amines) is 1. The quantitative estimate of drug-likeness (QED) is 0.717. The average molecular weight is 338 g/mol. The molecule has 1 aromatic rings. The van der Waals surface area contributed by atoms with Crippen LogP contribution < -0.4 is 0 Å². The number of halogens is 1. The first-order valence-electron chi connectivity index (χ1n) is 7.67. The van der Waals surface area contributed by atoms with Gasteiger partial charge in [-0.15, -0.1) is 0 Å². The number of nitrogens with zero attached hydrogens (tertiary/aromatic N) is 1. The summed E-state index contributed by atoms with van der Waals surface area (Å²) in [5.74, 6) is 1.04. The van der Waals surface area contributed by atoms with Crippen molar-refractivity contribution in [2.45, 2.75) is 38.5 Å². The fourth-order valence-electron chi connectivity index (χ4n) is 2.93. The van der Waals surface area contributed by atoms with Gasteiger partial charge in [0.05, 0.1) is 0 Å². The van der Waals surface area contributed by atoms with Gasteiger partial charge in [0.1, 0.15) is 0 Å². The minimum Gasteiger partial charge on any atom is -0.342 e. The molecule has 0 aromatic heterocycles. The zero-order valence-electron chi connectivity index (χ0n) is 12.1. The van der Waals surface area contributed by atoms with E-state index in [1.54, 1.807) is 0 Å². The van der Waals surface area contributed by atoms with Crippen LogP contribution in [0, 0.1) is 5.92 Å². The summed E-state index contributed by atoms with van der Waals surface area (Å²) in [5.41, 5.74) is 1.33. The van der Waals surface area contributed by atoms with Gasteiger partial charge in [0.25, 0.3) is 0 Å². The third-order valence-electron chi connectivity index (χ3n) is 4.09. The molecule has 1 heterocycles. The van der Waals surface area contributed by atoms with Crippen LogP contribution in [-0.2, 0) is 11.2 Å². The van der Waals surface area contributed by atoms with Crippen LogP contribution in [0.4, 0.5) is 0 Å². The predicted octanol–water partition coefficient (Wildman–Crippen LogP) is 4.03. The number of rotatable bonds is 6. The molecule has 110 valence electrons. The van der Waals surface area contributed by atoms with Crippen molar-refractivity contribution in [1.82, 2.24) is 4.90 Å². The number of alkyl halides is 1. The number of amides is 1. The van der Waals surface area contributed by atoms with Crippen molar-refractivity contribution in [2.24, 2.45) is 5.92 Å². The predicted molar refractivity (Wildman–Crippen MR) is 87.1 cm³/mol.